The molecule has 0 bridgehead atoms. The van der Waals surface area contributed by atoms with Gasteiger partial charge in [-0.25, -0.2) is 4.39 Å². The third-order valence-corrected chi connectivity index (χ3v) is 6.60. The van der Waals surface area contributed by atoms with Crippen LogP contribution >= 0.6 is 23.2 Å². The highest BCUT2D eigenvalue weighted by atomic mass is 35.5. The van der Waals surface area contributed by atoms with Crippen LogP contribution in [0.4, 0.5) is 10.1 Å². The van der Waals surface area contributed by atoms with Gasteiger partial charge in [-0.1, -0.05) is 35.3 Å². The number of aliphatic hydroxyl groups is 1. The van der Waals surface area contributed by atoms with Gasteiger partial charge in [0.05, 0.1) is 29.4 Å². The maximum atomic E-state index is 14.6. The van der Waals surface area contributed by atoms with Gasteiger partial charge in [0.15, 0.2) is 11.6 Å². The third kappa shape index (κ3) is 7.20. The first-order valence-corrected chi connectivity index (χ1v) is 12.4. The van der Waals surface area contributed by atoms with Crippen LogP contribution in [0.25, 0.3) is 0 Å². The molecule has 0 aromatic heterocycles. The van der Waals surface area contributed by atoms with E-state index in [2.05, 4.69) is 5.32 Å². The molecule has 1 heterocycles. The second-order valence-corrected chi connectivity index (χ2v) is 9.26. The van der Waals surface area contributed by atoms with Gasteiger partial charge in [-0.2, -0.15) is 0 Å². The molecule has 1 atom stereocenters. The monoisotopic (exact) mass is 546 g/mol. The first-order chi connectivity index (χ1) is 17.8. The van der Waals surface area contributed by atoms with Crippen molar-refractivity contribution < 1.29 is 28.6 Å². The minimum absolute atomic E-state index is 0.00520. The molecule has 10 heteroatoms. The van der Waals surface area contributed by atoms with E-state index in [1.807, 2.05) is 0 Å². The van der Waals surface area contributed by atoms with Crippen molar-refractivity contribution in [2.24, 2.45) is 0 Å². The summed E-state index contributed by atoms with van der Waals surface area (Å²) in [6.45, 7) is 2.21. The van der Waals surface area contributed by atoms with E-state index < -0.39 is 17.8 Å². The van der Waals surface area contributed by atoms with Crippen molar-refractivity contribution >= 4 is 40.7 Å². The normalized spacial score (nSPS) is 14.2. The van der Waals surface area contributed by atoms with Crippen LogP contribution in [-0.2, 0) is 9.53 Å². The van der Waals surface area contributed by atoms with Gasteiger partial charge in [0.25, 0.3) is 5.91 Å². The Hall–Kier alpha value is -3.17. The summed E-state index contributed by atoms with van der Waals surface area (Å²) >= 11 is 11.8. The van der Waals surface area contributed by atoms with Gasteiger partial charge in [-0.3, -0.25) is 9.59 Å². The SMILES string of the molecule is O=C(Nc1ccc(Oc2ccc(C(O)CCC(=O)N3CCOCC3)cc2)c(F)c1)c1ccc(Cl)c(Cl)c1. The number of nitrogens with zero attached hydrogens (tertiary/aromatic N) is 1. The Balaban J connectivity index is 1.31. The molecule has 3 aromatic carbocycles. The lowest BCUT2D eigenvalue weighted by Gasteiger charge is -2.27. The molecule has 1 aliphatic rings. The van der Waals surface area contributed by atoms with E-state index in [0.717, 1.165) is 6.07 Å². The van der Waals surface area contributed by atoms with Crippen LogP contribution in [0.15, 0.2) is 60.7 Å². The van der Waals surface area contributed by atoms with E-state index in [1.165, 1.54) is 30.3 Å². The molecule has 1 saturated heterocycles. The fourth-order valence-corrected chi connectivity index (χ4v) is 4.08. The molecule has 194 valence electrons. The number of hydrogen-bond donors (Lipinski definition) is 2. The number of carbonyl (C=O) groups is 2. The van der Waals surface area contributed by atoms with Gasteiger partial charge in [-0.05, 0) is 54.4 Å². The van der Waals surface area contributed by atoms with Crippen molar-refractivity contribution in [3.8, 4) is 11.5 Å². The van der Waals surface area contributed by atoms with Crippen molar-refractivity contribution in [1.29, 1.82) is 0 Å². The molecule has 0 saturated carbocycles. The second kappa shape index (κ2) is 12.4. The summed E-state index contributed by atoms with van der Waals surface area (Å²) in [6.07, 6.45) is -0.284. The van der Waals surface area contributed by atoms with Gasteiger partial charge >= 0.3 is 0 Å². The Labute approximate surface area is 223 Å². The first kappa shape index (κ1) is 26.9. The van der Waals surface area contributed by atoms with Crippen LogP contribution in [0, 0.1) is 5.82 Å². The van der Waals surface area contributed by atoms with Gasteiger partial charge < -0.3 is 24.8 Å². The van der Waals surface area contributed by atoms with Crippen molar-refractivity contribution in [3.05, 3.63) is 87.7 Å². The highest BCUT2D eigenvalue weighted by molar-refractivity contribution is 6.42. The number of carbonyl (C=O) groups excluding carboxylic acids is 2. The summed E-state index contributed by atoms with van der Waals surface area (Å²) in [5.74, 6) is -0.803. The minimum atomic E-state index is -0.811. The molecule has 1 aliphatic heterocycles. The van der Waals surface area contributed by atoms with Gasteiger partial charge in [0.1, 0.15) is 5.75 Å². The standard InChI is InChI=1S/C27H25Cl2FN2O5/c28-21-7-3-18(15-22(21)29)27(35)31-19-4-9-25(23(30)16-19)37-20-5-1-17(2-6-20)24(33)8-10-26(34)32-11-13-36-14-12-32/h1-7,9,15-16,24,33H,8,10-14H2,(H,31,35). The Morgan fingerprint density at radius 3 is 2.43 bits per heavy atom. The topological polar surface area (TPSA) is 88.1 Å². The number of rotatable bonds is 8. The lowest BCUT2D eigenvalue weighted by molar-refractivity contribution is -0.135. The van der Waals surface area contributed by atoms with Crippen LogP contribution in [0.2, 0.25) is 10.0 Å². The average Bonchev–Trinajstić information content (AvgIpc) is 2.91. The molecule has 0 aliphatic carbocycles. The smallest absolute Gasteiger partial charge is 0.255 e. The highest BCUT2D eigenvalue weighted by Crippen LogP contribution is 2.29. The third-order valence-electron chi connectivity index (χ3n) is 5.86. The van der Waals surface area contributed by atoms with Gasteiger partial charge in [0.2, 0.25) is 5.91 Å². The summed E-state index contributed by atoms with van der Waals surface area (Å²) in [4.78, 5) is 26.4. The molecule has 0 radical (unpaired) electrons. The van der Waals surface area contributed by atoms with Crippen LogP contribution in [-0.4, -0.2) is 48.1 Å². The first-order valence-electron chi connectivity index (χ1n) is 11.7. The van der Waals surface area contributed by atoms with E-state index in [9.17, 15) is 19.1 Å². The molecule has 1 unspecified atom stereocenters. The van der Waals surface area contributed by atoms with Gasteiger partial charge in [-0.15, -0.1) is 0 Å². The zero-order valence-corrected chi connectivity index (χ0v) is 21.3. The highest BCUT2D eigenvalue weighted by Gasteiger charge is 2.18. The summed E-state index contributed by atoms with van der Waals surface area (Å²) in [5, 5.41) is 13.6. The number of benzene rings is 3. The molecule has 0 spiro atoms. The van der Waals surface area contributed by atoms with Crippen molar-refractivity contribution in [1.82, 2.24) is 4.90 Å². The maximum absolute atomic E-state index is 14.6. The Bertz CT molecular complexity index is 1270. The lowest BCUT2D eigenvalue weighted by Crippen LogP contribution is -2.40. The largest absolute Gasteiger partial charge is 0.454 e. The second-order valence-electron chi connectivity index (χ2n) is 8.45. The molecule has 7 nitrogen and oxygen atoms in total. The van der Waals surface area contributed by atoms with Crippen LogP contribution < -0.4 is 10.1 Å². The molecular weight excluding hydrogens is 522 g/mol. The van der Waals surface area contributed by atoms with Crippen molar-refractivity contribution in [2.45, 2.75) is 18.9 Å². The summed E-state index contributed by atoms with van der Waals surface area (Å²) < 4.78 is 25.5. The predicted molar refractivity (Wildman–Crippen MR) is 139 cm³/mol. The Morgan fingerprint density at radius 1 is 1.03 bits per heavy atom. The fourth-order valence-electron chi connectivity index (χ4n) is 3.78. The van der Waals surface area contributed by atoms with Crippen molar-refractivity contribution in [2.75, 3.05) is 31.6 Å². The summed E-state index contributed by atoms with van der Waals surface area (Å²) in [5.41, 5.74) is 1.15. The maximum Gasteiger partial charge on any atom is 0.255 e. The van der Waals surface area contributed by atoms with E-state index >= 15 is 0 Å². The zero-order valence-electron chi connectivity index (χ0n) is 19.8. The Morgan fingerprint density at radius 2 is 1.76 bits per heavy atom. The summed E-state index contributed by atoms with van der Waals surface area (Å²) in [7, 11) is 0. The molecule has 3 aromatic rings. The van der Waals surface area contributed by atoms with Gasteiger partial charge in [0, 0.05) is 36.8 Å². The predicted octanol–water partition coefficient (Wildman–Crippen LogP) is 5.85. The number of halogens is 3. The number of nitrogens with one attached hydrogen (secondary N) is 1. The molecule has 1 fully saturated rings. The molecular formula is C27H25Cl2FN2O5. The number of anilines is 1. The van der Waals surface area contributed by atoms with Crippen LogP contribution in [0.3, 0.4) is 0 Å². The molecule has 4 rings (SSSR count). The quantitative estimate of drug-likeness (QED) is 0.370. The van der Waals surface area contributed by atoms with Crippen LogP contribution in [0.5, 0.6) is 11.5 Å². The summed E-state index contributed by atoms with van der Waals surface area (Å²) in [6, 6.07) is 15.1. The average molecular weight is 547 g/mol. The molecule has 2 N–H and O–H groups in total. The lowest BCUT2D eigenvalue weighted by atomic mass is 10.0. The fraction of sp³-hybridized carbons (Fsp3) is 0.259. The van der Waals surface area contributed by atoms with E-state index in [1.54, 1.807) is 29.2 Å². The minimum Gasteiger partial charge on any atom is -0.454 e. The Kier molecular flexibility index (Phi) is 9.00. The molecule has 37 heavy (non-hydrogen) atoms. The zero-order chi connectivity index (χ0) is 26.4. The van der Waals surface area contributed by atoms with E-state index in [4.69, 9.17) is 32.7 Å². The number of hydrogen-bond acceptors (Lipinski definition) is 5. The van der Waals surface area contributed by atoms with E-state index in [-0.39, 0.29) is 34.4 Å². The number of ether oxygens (including phenoxy) is 2. The number of morpholine rings is 1. The van der Waals surface area contributed by atoms with Crippen molar-refractivity contribution in [3.63, 3.8) is 0 Å². The van der Waals surface area contributed by atoms with E-state index in [0.29, 0.717) is 49.1 Å². The number of aliphatic hydroxyl groups excluding tert-OH is 1. The van der Waals surface area contributed by atoms with Crippen LogP contribution in [0.1, 0.15) is 34.9 Å². The molecule has 2 amide bonds. The number of amides is 2.